The van der Waals surface area contributed by atoms with Crippen LogP contribution in [0.2, 0.25) is 0 Å². The smallest absolute Gasteiger partial charge is 0.343 e. The number of methoxy groups -OCH3 is 2. The molecule has 3 rings (SSSR count). The molecule has 0 fully saturated rings. The third-order valence-corrected chi connectivity index (χ3v) is 3.82. The number of hydrogen-bond donors (Lipinski definition) is 1. The van der Waals surface area contributed by atoms with Crippen LogP contribution in [0.15, 0.2) is 51.9 Å². The molecule has 7 heteroatoms. The molecule has 0 aliphatic carbocycles. The number of esters is 1. The van der Waals surface area contributed by atoms with Gasteiger partial charge < -0.3 is 23.7 Å². The van der Waals surface area contributed by atoms with E-state index >= 15 is 0 Å². The lowest BCUT2D eigenvalue weighted by molar-refractivity contribution is -0.142. The highest BCUT2D eigenvalue weighted by Gasteiger charge is 2.15. The standard InChI is InChI=1S/C19H16O7/c1-23-12-5-3-11(4-6-12)14-9-26-16-8-13(25-10-17(21)24-2)7-15(20)18(16)19(14)22/h3-9,20H,10H2,1-2H3. The Balaban J connectivity index is 2.02. The van der Waals surface area contributed by atoms with E-state index in [1.54, 1.807) is 31.4 Å². The number of aromatic hydroxyl groups is 1. The normalized spacial score (nSPS) is 10.5. The number of phenolic OH excluding ortho intramolecular Hbond substituents is 1. The van der Waals surface area contributed by atoms with Crippen molar-refractivity contribution in [2.24, 2.45) is 0 Å². The minimum atomic E-state index is -0.569. The van der Waals surface area contributed by atoms with Gasteiger partial charge in [0.25, 0.3) is 0 Å². The summed E-state index contributed by atoms with van der Waals surface area (Å²) in [4.78, 5) is 23.9. The molecular weight excluding hydrogens is 340 g/mol. The molecule has 0 amide bonds. The van der Waals surface area contributed by atoms with Crippen molar-refractivity contribution in [3.8, 4) is 28.4 Å². The van der Waals surface area contributed by atoms with Crippen LogP contribution in [0.5, 0.6) is 17.2 Å². The fourth-order valence-corrected chi connectivity index (χ4v) is 2.46. The molecule has 1 N–H and O–H groups in total. The average molecular weight is 356 g/mol. The van der Waals surface area contributed by atoms with Gasteiger partial charge in [0.2, 0.25) is 5.43 Å². The molecule has 26 heavy (non-hydrogen) atoms. The van der Waals surface area contributed by atoms with E-state index < -0.39 is 5.97 Å². The Kier molecular flexibility index (Phi) is 4.79. The third-order valence-electron chi connectivity index (χ3n) is 3.82. The summed E-state index contributed by atoms with van der Waals surface area (Å²) in [5, 5.41) is 10.3. The summed E-state index contributed by atoms with van der Waals surface area (Å²) in [7, 11) is 2.79. The van der Waals surface area contributed by atoms with E-state index in [0.717, 1.165) is 0 Å². The molecular formula is C19H16O7. The zero-order valence-corrected chi connectivity index (χ0v) is 14.1. The number of phenols is 1. The van der Waals surface area contributed by atoms with E-state index in [0.29, 0.717) is 16.9 Å². The Morgan fingerprint density at radius 3 is 2.50 bits per heavy atom. The Bertz CT molecular complexity index is 1000. The first-order valence-electron chi connectivity index (χ1n) is 7.66. The van der Waals surface area contributed by atoms with Gasteiger partial charge in [-0.1, -0.05) is 12.1 Å². The maximum Gasteiger partial charge on any atom is 0.343 e. The summed E-state index contributed by atoms with van der Waals surface area (Å²) in [5.74, 6) is -0.0257. The largest absolute Gasteiger partial charge is 0.507 e. The van der Waals surface area contributed by atoms with Crippen LogP contribution >= 0.6 is 0 Å². The first-order valence-corrected chi connectivity index (χ1v) is 7.66. The molecule has 0 bridgehead atoms. The third kappa shape index (κ3) is 3.32. The number of hydrogen-bond acceptors (Lipinski definition) is 7. The van der Waals surface area contributed by atoms with Gasteiger partial charge in [-0.15, -0.1) is 0 Å². The van der Waals surface area contributed by atoms with Crippen molar-refractivity contribution >= 4 is 16.9 Å². The second kappa shape index (κ2) is 7.18. The lowest BCUT2D eigenvalue weighted by Gasteiger charge is -2.08. The summed E-state index contributed by atoms with van der Waals surface area (Å²) in [6, 6.07) is 9.58. The quantitative estimate of drug-likeness (QED) is 0.702. The highest BCUT2D eigenvalue weighted by atomic mass is 16.6. The number of carbonyl (C=O) groups is 1. The van der Waals surface area contributed by atoms with Gasteiger partial charge in [-0.25, -0.2) is 4.79 Å². The van der Waals surface area contributed by atoms with Crippen molar-refractivity contribution in [2.45, 2.75) is 0 Å². The number of benzene rings is 2. The van der Waals surface area contributed by atoms with Crippen molar-refractivity contribution in [3.63, 3.8) is 0 Å². The number of ether oxygens (including phenoxy) is 3. The van der Waals surface area contributed by atoms with E-state index in [4.69, 9.17) is 13.9 Å². The average Bonchev–Trinajstić information content (AvgIpc) is 2.66. The lowest BCUT2D eigenvalue weighted by atomic mass is 10.0. The molecule has 0 saturated heterocycles. The van der Waals surface area contributed by atoms with Gasteiger partial charge in [0.15, 0.2) is 6.61 Å². The number of fused-ring (bicyclic) bond motifs is 1. The molecule has 0 atom stereocenters. The molecule has 0 spiro atoms. The zero-order chi connectivity index (χ0) is 18.7. The van der Waals surface area contributed by atoms with Crippen molar-refractivity contribution in [1.82, 2.24) is 0 Å². The van der Waals surface area contributed by atoms with Gasteiger partial charge in [-0.05, 0) is 17.7 Å². The second-order valence-electron chi connectivity index (χ2n) is 5.39. The molecule has 0 radical (unpaired) electrons. The minimum Gasteiger partial charge on any atom is -0.507 e. The Labute approximate surface area is 148 Å². The molecule has 0 aliphatic heterocycles. The second-order valence-corrected chi connectivity index (χ2v) is 5.39. The van der Waals surface area contributed by atoms with Crippen LogP contribution in [0.1, 0.15) is 0 Å². The van der Waals surface area contributed by atoms with Crippen molar-refractivity contribution < 1.29 is 28.5 Å². The lowest BCUT2D eigenvalue weighted by Crippen LogP contribution is -2.12. The molecule has 134 valence electrons. The molecule has 3 aromatic rings. The van der Waals surface area contributed by atoms with Gasteiger partial charge in [-0.2, -0.15) is 0 Å². The maximum atomic E-state index is 12.8. The van der Waals surface area contributed by atoms with Crippen molar-refractivity contribution in [1.29, 1.82) is 0 Å². The predicted octanol–water partition coefficient (Wildman–Crippen LogP) is 2.73. The van der Waals surface area contributed by atoms with E-state index in [2.05, 4.69) is 4.74 Å². The van der Waals surface area contributed by atoms with Crippen molar-refractivity contribution in [3.05, 3.63) is 52.9 Å². The molecule has 0 unspecified atom stereocenters. The summed E-state index contributed by atoms with van der Waals surface area (Å²) in [6.45, 7) is -0.324. The number of carbonyl (C=O) groups excluding carboxylic acids is 1. The van der Waals surface area contributed by atoms with Crippen LogP contribution in [-0.4, -0.2) is 31.9 Å². The van der Waals surface area contributed by atoms with Crippen LogP contribution in [0.3, 0.4) is 0 Å². The molecule has 2 aromatic carbocycles. The fourth-order valence-electron chi connectivity index (χ4n) is 2.46. The zero-order valence-electron chi connectivity index (χ0n) is 14.1. The highest BCUT2D eigenvalue weighted by molar-refractivity contribution is 5.88. The fraction of sp³-hybridized carbons (Fsp3) is 0.158. The summed E-state index contributed by atoms with van der Waals surface area (Å²) < 4.78 is 20.3. The van der Waals surface area contributed by atoms with Gasteiger partial charge in [0, 0.05) is 12.1 Å². The van der Waals surface area contributed by atoms with Gasteiger partial charge >= 0.3 is 5.97 Å². The molecule has 0 saturated carbocycles. The topological polar surface area (TPSA) is 95.2 Å². The summed E-state index contributed by atoms with van der Waals surface area (Å²) in [6.07, 6.45) is 1.32. The highest BCUT2D eigenvalue weighted by Crippen LogP contribution is 2.30. The Hall–Kier alpha value is -3.48. The Morgan fingerprint density at radius 1 is 1.12 bits per heavy atom. The van der Waals surface area contributed by atoms with Crippen LogP contribution in [0, 0.1) is 0 Å². The maximum absolute atomic E-state index is 12.8. The van der Waals surface area contributed by atoms with Crippen LogP contribution in [-0.2, 0) is 9.53 Å². The van der Waals surface area contributed by atoms with E-state index in [1.807, 2.05) is 0 Å². The number of rotatable bonds is 5. The van der Waals surface area contributed by atoms with E-state index in [1.165, 1.54) is 25.5 Å². The molecule has 1 aromatic heterocycles. The molecule has 1 heterocycles. The first kappa shape index (κ1) is 17.3. The van der Waals surface area contributed by atoms with E-state index in [-0.39, 0.29) is 34.5 Å². The minimum absolute atomic E-state index is 0.0312. The predicted molar refractivity (Wildman–Crippen MR) is 93.6 cm³/mol. The monoisotopic (exact) mass is 356 g/mol. The molecule has 7 nitrogen and oxygen atoms in total. The van der Waals surface area contributed by atoms with Gasteiger partial charge in [0.1, 0.15) is 34.5 Å². The summed E-state index contributed by atoms with van der Waals surface area (Å²) in [5.41, 5.74) is 0.700. The van der Waals surface area contributed by atoms with Gasteiger partial charge in [0.05, 0.1) is 19.8 Å². The van der Waals surface area contributed by atoms with Crippen molar-refractivity contribution in [2.75, 3.05) is 20.8 Å². The molecule has 0 aliphatic rings. The van der Waals surface area contributed by atoms with Crippen LogP contribution in [0.25, 0.3) is 22.1 Å². The Morgan fingerprint density at radius 2 is 1.85 bits per heavy atom. The van der Waals surface area contributed by atoms with E-state index in [9.17, 15) is 14.7 Å². The van der Waals surface area contributed by atoms with Crippen LogP contribution in [0.4, 0.5) is 0 Å². The summed E-state index contributed by atoms with van der Waals surface area (Å²) >= 11 is 0. The van der Waals surface area contributed by atoms with Crippen LogP contribution < -0.4 is 14.9 Å². The van der Waals surface area contributed by atoms with Gasteiger partial charge in [-0.3, -0.25) is 4.79 Å². The first-order chi connectivity index (χ1) is 12.5. The SMILES string of the molecule is COC(=O)COc1cc(O)c2c(=O)c(-c3ccc(OC)cc3)coc2c1.